The molecule has 1 N–H and O–H groups in total. The normalized spacial score (nSPS) is 17.0. The molecule has 122 valence electrons. The summed E-state index contributed by atoms with van der Waals surface area (Å²) in [6, 6.07) is 14.1. The van der Waals surface area contributed by atoms with Gasteiger partial charge in [-0.3, -0.25) is 0 Å². The van der Waals surface area contributed by atoms with Crippen LogP contribution >= 0.6 is 11.8 Å². The van der Waals surface area contributed by atoms with Crippen molar-refractivity contribution in [2.24, 2.45) is 0 Å². The molecule has 5 nitrogen and oxygen atoms in total. The molecule has 7 heteroatoms. The highest BCUT2D eigenvalue weighted by Crippen LogP contribution is 2.30. The van der Waals surface area contributed by atoms with Gasteiger partial charge in [-0.05, 0) is 42.7 Å². The average molecular weight is 351 g/mol. The number of benzene rings is 2. The van der Waals surface area contributed by atoms with Crippen LogP contribution in [-0.4, -0.2) is 33.9 Å². The second-order valence-corrected chi connectivity index (χ2v) is 7.67. The third-order valence-electron chi connectivity index (χ3n) is 3.44. The highest BCUT2D eigenvalue weighted by molar-refractivity contribution is 7.98. The van der Waals surface area contributed by atoms with Gasteiger partial charge in [0.25, 0.3) is 0 Å². The van der Waals surface area contributed by atoms with Crippen molar-refractivity contribution in [3.8, 4) is 11.5 Å². The Bertz CT molecular complexity index is 775. The molecule has 0 spiro atoms. The first-order valence-corrected chi connectivity index (χ1v) is 9.81. The number of fused-ring (bicyclic) bond motifs is 1. The van der Waals surface area contributed by atoms with Gasteiger partial charge in [0.15, 0.2) is 11.5 Å². The lowest BCUT2D eigenvalue weighted by Gasteiger charge is -2.26. The van der Waals surface area contributed by atoms with Gasteiger partial charge in [-0.25, -0.2) is 13.1 Å². The first-order chi connectivity index (χ1) is 11.1. The van der Waals surface area contributed by atoms with Crippen LogP contribution in [0.25, 0.3) is 0 Å². The van der Waals surface area contributed by atoms with Gasteiger partial charge < -0.3 is 9.47 Å². The SMILES string of the molecule is CSc1ccc(S(=O)(=O)NC[C@@H]2COc3ccccc3O2)cc1. The van der Waals surface area contributed by atoms with E-state index in [1.165, 1.54) is 0 Å². The lowest BCUT2D eigenvalue weighted by molar-refractivity contribution is 0.0943. The van der Waals surface area contributed by atoms with Crippen LogP contribution in [0.3, 0.4) is 0 Å². The number of hydrogen-bond acceptors (Lipinski definition) is 5. The second kappa shape index (κ2) is 6.82. The zero-order chi connectivity index (χ0) is 16.3. The number of ether oxygens (including phenoxy) is 2. The van der Waals surface area contributed by atoms with Gasteiger partial charge in [0, 0.05) is 4.90 Å². The van der Waals surface area contributed by atoms with E-state index in [-0.39, 0.29) is 17.5 Å². The fourth-order valence-electron chi connectivity index (χ4n) is 2.20. The minimum atomic E-state index is -3.56. The zero-order valence-electron chi connectivity index (χ0n) is 12.6. The molecule has 0 bridgehead atoms. The molecule has 1 heterocycles. The highest BCUT2D eigenvalue weighted by Gasteiger charge is 2.23. The van der Waals surface area contributed by atoms with Crippen LogP contribution in [0.15, 0.2) is 58.3 Å². The molecule has 0 fully saturated rings. The van der Waals surface area contributed by atoms with E-state index in [0.29, 0.717) is 18.1 Å². The molecule has 0 amide bonds. The van der Waals surface area contributed by atoms with Crippen LogP contribution in [0.2, 0.25) is 0 Å². The number of sulfonamides is 1. The topological polar surface area (TPSA) is 64.6 Å². The minimum absolute atomic E-state index is 0.154. The summed E-state index contributed by atoms with van der Waals surface area (Å²) in [6.45, 7) is 0.464. The van der Waals surface area contributed by atoms with Gasteiger partial charge in [-0.1, -0.05) is 12.1 Å². The third-order valence-corrected chi connectivity index (χ3v) is 5.62. The molecule has 0 aromatic heterocycles. The third kappa shape index (κ3) is 3.80. The number of thioether (sulfide) groups is 1. The predicted octanol–water partition coefficient (Wildman–Crippen LogP) is 2.53. The smallest absolute Gasteiger partial charge is 0.240 e. The number of hydrogen-bond donors (Lipinski definition) is 1. The van der Waals surface area contributed by atoms with E-state index in [2.05, 4.69) is 4.72 Å². The Kier molecular flexibility index (Phi) is 4.79. The first kappa shape index (κ1) is 16.2. The van der Waals surface area contributed by atoms with Gasteiger partial charge in [0.1, 0.15) is 12.7 Å². The van der Waals surface area contributed by atoms with Crippen molar-refractivity contribution < 1.29 is 17.9 Å². The highest BCUT2D eigenvalue weighted by atomic mass is 32.2. The van der Waals surface area contributed by atoms with E-state index in [1.807, 2.05) is 24.5 Å². The molecule has 2 aromatic rings. The maximum atomic E-state index is 12.3. The van der Waals surface area contributed by atoms with E-state index in [9.17, 15) is 8.42 Å². The predicted molar refractivity (Wildman–Crippen MR) is 89.8 cm³/mol. The molecule has 1 aliphatic rings. The molecule has 3 rings (SSSR count). The van der Waals surface area contributed by atoms with Gasteiger partial charge in [-0.2, -0.15) is 0 Å². The van der Waals surface area contributed by atoms with Crippen LogP contribution < -0.4 is 14.2 Å². The number of para-hydroxylation sites is 2. The molecular weight excluding hydrogens is 334 g/mol. The Morgan fingerprint density at radius 3 is 2.52 bits per heavy atom. The van der Waals surface area contributed by atoms with Crippen molar-refractivity contribution in [2.75, 3.05) is 19.4 Å². The zero-order valence-corrected chi connectivity index (χ0v) is 14.2. The van der Waals surface area contributed by atoms with Crippen molar-refractivity contribution in [2.45, 2.75) is 15.9 Å². The average Bonchev–Trinajstić information content (AvgIpc) is 2.60. The van der Waals surface area contributed by atoms with E-state index >= 15 is 0 Å². The summed E-state index contributed by atoms with van der Waals surface area (Å²) in [6.07, 6.45) is 1.59. The summed E-state index contributed by atoms with van der Waals surface area (Å²) in [5, 5.41) is 0. The summed E-state index contributed by atoms with van der Waals surface area (Å²) in [5.41, 5.74) is 0. The fraction of sp³-hybridized carbons (Fsp3) is 0.250. The first-order valence-electron chi connectivity index (χ1n) is 7.11. The number of nitrogens with one attached hydrogen (secondary N) is 1. The Morgan fingerprint density at radius 1 is 1.13 bits per heavy atom. The molecule has 0 aliphatic carbocycles. The lowest BCUT2D eigenvalue weighted by atomic mass is 10.2. The largest absolute Gasteiger partial charge is 0.486 e. The quantitative estimate of drug-likeness (QED) is 0.839. The van der Waals surface area contributed by atoms with Crippen LogP contribution in [0.1, 0.15) is 0 Å². The van der Waals surface area contributed by atoms with Gasteiger partial charge in [0.05, 0.1) is 11.4 Å². The standard InChI is InChI=1S/C16H17NO4S2/c1-22-13-6-8-14(9-7-13)23(18,19)17-10-12-11-20-15-4-2-3-5-16(15)21-12/h2-9,12,17H,10-11H2,1H3/t12-/m1/s1. The molecule has 23 heavy (non-hydrogen) atoms. The lowest BCUT2D eigenvalue weighted by Crippen LogP contribution is -2.40. The van der Waals surface area contributed by atoms with E-state index < -0.39 is 10.0 Å². The van der Waals surface area contributed by atoms with Crippen molar-refractivity contribution in [1.29, 1.82) is 0 Å². The molecule has 0 unspecified atom stereocenters. The molecule has 2 aromatic carbocycles. The van der Waals surface area contributed by atoms with E-state index in [4.69, 9.17) is 9.47 Å². The maximum absolute atomic E-state index is 12.3. The van der Waals surface area contributed by atoms with Gasteiger partial charge in [-0.15, -0.1) is 11.8 Å². The van der Waals surface area contributed by atoms with Gasteiger partial charge >= 0.3 is 0 Å². The minimum Gasteiger partial charge on any atom is -0.486 e. The second-order valence-electron chi connectivity index (χ2n) is 5.03. The Morgan fingerprint density at radius 2 is 1.83 bits per heavy atom. The molecule has 0 saturated heterocycles. The number of rotatable bonds is 5. The van der Waals surface area contributed by atoms with Crippen LogP contribution in [0.5, 0.6) is 11.5 Å². The van der Waals surface area contributed by atoms with E-state index in [1.54, 1.807) is 42.1 Å². The Hall–Kier alpha value is -1.70. The molecule has 1 atom stereocenters. The van der Waals surface area contributed by atoms with Crippen molar-refractivity contribution in [1.82, 2.24) is 4.72 Å². The maximum Gasteiger partial charge on any atom is 0.240 e. The van der Waals surface area contributed by atoms with Crippen LogP contribution in [0, 0.1) is 0 Å². The monoisotopic (exact) mass is 351 g/mol. The van der Waals surface area contributed by atoms with Crippen molar-refractivity contribution >= 4 is 21.8 Å². The van der Waals surface area contributed by atoms with Crippen molar-refractivity contribution in [3.05, 3.63) is 48.5 Å². The molecule has 0 saturated carbocycles. The summed E-state index contributed by atoms with van der Waals surface area (Å²) in [4.78, 5) is 1.26. The Balaban J connectivity index is 1.63. The Labute approximate surface area is 140 Å². The molecular formula is C16H17NO4S2. The van der Waals surface area contributed by atoms with Crippen molar-refractivity contribution in [3.63, 3.8) is 0 Å². The summed E-state index contributed by atoms with van der Waals surface area (Å²) < 4.78 is 38.5. The summed E-state index contributed by atoms with van der Waals surface area (Å²) in [7, 11) is -3.56. The van der Waals surface area contributed by atoms with E-state index in [0.717, 1.165) is 4.90 Å². The summed E-state index contributed by atoms with van der Waals surface area (Å²) in [5.74, 6) is 1.31. The van der Waals surface area contributed by atoms with Gasteiger partial charge in [0.2, 0.25) is 10.0 Å². The van der Waals surface area contributed by atoms with Crippen LogP contribution in [0.4, 0.5) is 0 Å². The molecule has 1 aliphatic heterocycles. The fourth-order valence-corrected chi connectivity index (χ4v) is 3.68. The molecule has 0 radical (unpaired) electrons. The summed E-state index contributed by atoms with van der Waals surface area (Å²) >= 11 is 1.57. The van der Waals surface area contributed by atoms with Crippen LogP contribution in [-0.2, 0) is 10.0 Å².